The van der Waals surface area contributed by atoms with Gasteiger partial charge in [-0.15, -0.1) is 0 Å². The van der Waals surface area contributed by atoms with Crippen LogP contribution in [0.2, 0.25) is 0 Å². The van der Waals surface area contributed by atoms with E-state index in [4.69, 9.17) is 0 Å². The van der Waals surface area contributed by atoms with E-state index in [-0.39, 0.29) is 11.8 Å². The standard InChI is InChI=1S/C21H22N4O/c1-15-19(18(9-10-22-15)16-6-3-2-4-7-16)21(26)25-13-5-8-17(14-25)20-23-11-12-24-20/h2-4,6-7,9-12,17H,5,8,13-14H2,1H3,(H,23,24)/t17-/m0/s1. The Morgan fingerprint density at radius 1 is 1.15 bits per heavy atom. The molecule has 0 aliphatic carbocycles. The number of carbonyl (C=O) groups is 1. The first kappa shape index (κ1) is 16.5. The molecule has 1 fully saturated rings. The number of piperidine rings is 1. The number of benzene rings is 1. The Morgan fingerprint density at radius 2 is 2.00 bits per heavy atom. The summed E-state index contributed by atoms with van der Waals surface area (Å²) in [6.07, 6.45) is 7.42. The minimum Gasteiger partial charge on any atom is -0.348 e. The molecular weight excluding hydrogens is 324 g/mol. The lowest BCUT2D eigenvalue weighted by molar-refractivity contribution is 0.0704. The molecule has 3 aromatic rings. The number of hydrogen-bond acceptors (Lipinski definition) is 3. The molecule has 3 heterocycles. The molecule has 26 heavy (non-hydrogen) atoms. The molecule has 1 atom stereocenters. The molecule has 0 radical (unpaired) electrons. The van der Waals surface area contributed by atoms with Gasteiger partial charge in [-0.2, -0.15) is 0 Å². The van der Waals surface area contributed by atoms with Crippen molar-refractivity contribution in [3.8, 4) is 11.1 Å². The third kappa shape index (κ3) is 3.12. The van der Waals surface area contributed by atoms with E-state index in [2.05, 4.69) is 15.0 Å². The SMILES string of the molecule is Cc1nccc(-c2ccccc2)c1C(=O)N1CCC[C@H](c2ncc[nH]2)C1. The van der Waals surface area contributed by atoms with Gasteiger partial charge in [0.1, 0.15) is 5.82 Å². The predicted molar refractivity (Wildman–Crippen MR) is 101 cm³/mol. The van der Waals surface area contributed by atoms with Gasteiger partial charge in [0.15, 0.2) is 0 Å². The summed E-state index contributed by atoms with van der Waals surface area (Å²) in [5, 5.41) is 0. The van der Waals surface area contributed by atoms with Gasteiger partial charge in [-0.05, 0) is 37.0 Å². The minimum atomic E-state index is 0.0608. The first-order chi connectivity index (χ1) is 12.7. The Morgan fingerprint density at radius 3 is 2.77 bits per heavy atom. The number of hydrogen-bond donors (Lipinski definition) is 1. The number of pyridine rings is 1. The zero-order chi connectivity index (χ0) is 17.9. The average Bonchev–Trinajstić information content (AvgIpc) is 3.23. The molecule has 1 aliphatic rings. The summed E-state index contributed by atoms with van der Waals surface area (Å²) in [7, 11) is 0. The van der Waals surface area contributed by atoms with E-state index < -0.39 is 0 Å². The van der Waals surface area contributed by atoms with Crippen LogP contribution in [0.25, 0.3) is 11.1 Å². The van der Waals surface area contributed by atoms with Crippen molar-refractivity contribution in [2.24, 2.45) is 0 Å². The van der Waals surface area contributed by atoms with Gasteiger partial charge in [0.05, 0.1) is 11.3 Å². The van der Waals surface area contributed by atoms with Crippen LogP contribution < -0.4 is 0 Å². The lowest BCUT2D eigenvalue weighted by Gasteiger charge is -2.32. The van der Waals surface area contributed by atoms with Crippen molar-refractivity contribution in [3.05, 3.63) is 72.1 Å². The van der Waals surface area contributed by atoms with Gasteiger partial charge in [-0.3, -0.25) is 9.78 Å². The monoisotopic (exact) mass is 346 g/mol. The molecule has 0 spiro atoms. The zero-order valence-corrected chi connectivity index (χ0v) is 14.9. The summed E-state index contributed by atoms with van der Waals surface area (Å²) in [6.45, 7) is 3.38. The maximum atomic E-state index is 13.4. The van der Waals surface area contributed by atoms with Gasteiger partial charge >= 0.3 is 0 Å². The predicted octanol–water partition coefficient (Wildman–Crippen LogP) is 3.80. The smallest absolute Gasteiger partial charge is 0.256 e. The minimum absolute atomic E-state index is 0.0608. The van der Waals surface area contributed by atoms with E-state index in [9.17, 15) is 4.79 Å². The van der Waals surface area contributed by atoms with Crippen molar-refractivity contribution in [1.29, 1.82) is 0 Å². The van der Waals surface area contributed by atoms with Gasteiger partial charge in [-0.1, -0.05) is 30.3 Å². The molecule has 2 aromatic heterocycles. The van der Waals surface area contributed by atoms with E-state index >= 15 is 0 Å². The molecule has 0 unspecified atom stereocenters. The van der Waals surface area contributed by atoms with Crippen molar-refractivity contribution >= 4 is 5.91 Å². The lowest BCUT2D eigenvalue weighted by atomic mass is 9.94. The van der Waals surface area contributed by atoms with E-state index in [1.54, 1.807) is 12.4 Å². The van der Waals surface area contributed by atoms with E-state index in [1.165, 1.54) is 0 Å². The third-order valence-corrected chi connectivity index (χ3v) is 5.05. The van der Waals surface area contributed by atoms with Crippen LogP contribution in [0.5, 0.6) is 0 Å². The fraction of sp³-hybridized carbons (Fsp3) is 0.286. The fourth-order valence-corrected chi connectivity index (χ4v) is 3.74. The largest absolute Gasteiger partial charge is 0.348 e. The summed E-state index contributed by atoms with van der Waals surface area (Å²) in [6, 6.07) is 12.0. The highest BCUT2D eigenvalue weighted by atomic mass is 16.2. The van der Waals surface area contributed by atoms with Crippen LogP contribution in [-0.2, 0) is 0 Å². The Kier molecular flexibility index (Phi) is 4.52. The summed E-state index contributed by atoms with van der Waals surface area (Å²) < 4.78 is 0. The Hall–Kier alpha value is -2.95. The van der Waals surface area contributed by atoms with Crippen molar-refractivity contribution in [2.45, 2.75) is 25.7 Å². The van der Waals surface area contributed by atoms with E-state index in [1.807, 2.05) is 54.4 Å². The second kappa shape index (κ2) is 7.12. The number of imidazole rings is 1. The number of nitrogens with zero attached hydrogens (tertiary/aromatic N) is 3. The molecule has 0 bridgehead atoms. The molecular formula is C21H22N4O. The van der Waals surface area contributed by atoms with Gasteiger partial charge < -0.3 is 9.88 Å². The number of aromatic nitrogens is 3. The lowest BCUT2D eigenvalue weighted by Crippen LogP contribution is -2.40. The second-order valence-corrected chi connectivity index (χ2v) is 6.75. The average molecular weight is 346 g/mol. The van der Waals surface area contributed by atoms with Crippen LogP contribution in [-0.4, -0.2) is 38.8 Å². The Labute approximate surface area is 153 Å². The molecule has 5 nitrogen and oxygen atoms in total. The first-order valence-electron chi connectivity index (χ1n) is 9.03. The number of amides is 1. The van der Waals surface area contributed by atoms with Gasteiger partial charge in [0.25, 0.3) is 5.91 Å². The molecule has 1 saturated heterocycles. The van der Waals surface area contributed by atoms with Gasteiger partial charge in [0, 0.05) is 37.6 Å². The highest BCUT2D eigenvalue weighted by molar-refractivity contribution is 6.01. The second-order valence-electron chi connectivity index (χ2n) is 6.75. The van der Waals surface area contributed by atoms with Crippen LogP contribution in [0.4, 0.5) is 0 Å². The van der Waals surface area contributed by atoms with Crippen molar-refractivity contribution < 1.29 is 4.79 Å². The van der Waals surface area contributed by atoms with Crippen molar-refractivity contribution in [3.63, 3.8) is 0 Å². The molecule has 4 rings (SSSR count). The molecule has 132 valence electrons. The van der Waals surface area contributed by atoms with E-state index in [0.717, 1.165) is 42.0 Å². The molecule has 1 aliphatic heterocycles. The quantitative estimate of drug-likeness (QED) is 0.785. The summed E-state index contributed by atoms with van der Waals surface area (Å²) in [5.74, 6) is 1.29. The number of aromatic amines is 1. The van der Waals surface area contributed by atoms with Crippen LogP contribution in [0.1, 0.15) is 40.6 Å². The van der Waals surface area contributed by atoms with E-state index in [0.29, 0.717) is 12.1 Å². The maximum absolute atomic E-state index is 13.4. The highest BCUT2D eigenvalue weighted by Gasteiger charge is 2.29. The topological polar surface area (TPSA) is 61.9 Å². The van der Waals surface area contributed by atoms with Crippen LogP contribution in [0.3, 0.4) is 0 Å². The normalized spacial score (nSPS) is 17.3. The number of rotatable bonds is 3. The van der Waals surface area contributed by atoms with Crippen molar-refractivity contribution in [1.82, 2.24) is 19.9 Å². The molecule has 0 saturated carbocycles. The van der Waals surface area contributed by atoms with Crippen LogP contribution in [0.15, 0.2) is 55.0 Å². The van der Waals surface area contributed by atoms with Gasteiger partial charge in [0.2, 0.25) is 0 Å². The molecule has 5 heteroatoms. The first-order valence-corrected chi connectivity index (χ1v) is 9.03. The Balaban J connectivity index is 1.66. The molecule has 1 N–H and O–H groups in total. The third-order valence-electron chi connectivity index (χ3n) is 5.05. The van der Waals surface area contributed by atoms with Crippen LogP contribution >= 0.6 is 0 Å². The van der Waals surface area contributed by atoms with Gasteiger partial charge in [-0.25, -0.2) is 4.98 Å². The number of H-pyrrole nitrogens is 1. The summed E-state index contributed by atoms with van der Waals surface area (Å²) in [5.41, 5.74) is 3.47. The van der Waals surface area contributed by atoms with Crippen LogP contribution in [0, 0.1) is 6.92 Å². The number of nitrogens with one attached hydrogen (secondary N) is 1. The summed E-state index contributed by atoms with van der Waals surface area (Å²) in [4.78, 5) is 27.3. The Bertz CT molecular complexity index is 890. The molecule has 1 aromatic carbocycles. The summed E-state index contributed by atoms with van der Waals surface area (Å²) >= 11 is 0. The number of aryl methyl sites for hydroxylation is 1. The fourth-order valence-electron chi connectivity index (χ4n) is 3.74. The number of carbonyl (C=O) groups excluding carboxylic acids is 1. The maximum Gasteiger partial charge on any atom is 0.256 e. The molecule has 1 amide bonds. The zero-order valence-electron chi connectivity index (χ0n) is 14.9. The van der Waals surface area contributed by atoms with Crippen molar-refractivity contribution in [2.75, 3.05) is 13.1 Å². The number of likely N-dealkylation sites (tertiary alicyclic amines) is 1. The highest BCUT2D eigenvalue weighted by Crippen LogP contribution is 2.29.